The minimum atomic E-state index is -0.148. The Kier molecular flexibility index (Phi) is 4.12. The highest BCUT2D eigenvalue weighted by molar-refractivity contribution is 5.32. The number of hydrogen-bond acceptors (Lipinski definition) is 1. The maximum absolute atomic E-state index is 13.1. The highest BCUT2D eigenvalue weighted by atomic mass is 19.1. The fourth-order valence-electron chi connectivity index (χ4n) is 3.05. The number of benzene rings is 2. The quantitative estimate of drug-likeness (QED) is 0.883. The SMILES string of the molecule is Fc1cccc(CCNC2CCCc3ccccc32)c1. The number of aryl methyl sites for hydroxylation is 1. The Bertz CT molecular complexity index is 579. The van der Waals surface area contributed by atoms with Gasteiger partial charge in [0.2, 0.25) is 0 Å². The Morgan fingerprint density at radius 3 is 2.90 bits per heavy atom. The van der Waals surface area contributed by atoms with E-state index in [0.29, 0.717) is 6.04 Å². The third kappa shape index (κ3) is 3.07. The molecule has 1 nitrogen and oxygen atoms in total. The van der Waals surface area contributed by atoms with Gasteiger partial charge in [-0.2, -0.15) is 0 Å². The van der Waals surface area contributed by atoms with Gasteiger partial charge < -0.3 is 5.32 Å². The Labute approximate surface area is 119 Å². The van der Waals surface area contributed by atoms with Gasteiger partial charge in [0.1, 0.15) is 5.82 Å². The van der Waals surface area contributed by atoms with Crippen LogP contribution in [0, 0.1) is 5.82 Å². The Morgan fingerprint density at radius 1 is 1.10 bits per heavy atom. The van der Waals surface area contributed by atoms with Crippen molar-refractivity contribution >= 4 is 0 Å². The van der Waals surface area contributed by atoms with Crippen molar-refractivity contribution in [1.29, 1.82) is 0 Å². The molecule has 0 aliphatic heterocycles. The van der Waals surface area contributed by atoms with Gasteiger partial charge in [-0.05, 0) is 61.1 Å². The molecule has 0 saturated carbocycles. The summed E-state index contributed by atoms with van der Waals surface area (Å²) < 4.78 is 13.1. The normalized spacial score (nSPS) is 17.8. The van der Waals surface area contributed by atoms with Gasteiger partial charge in [0, 0.05) is 6.04 Å². The zero-order valence-electron chi connectivity index (χ0n) is 11.6. The van der Waals surface area contributed by atoms with E-state index < -0.39 is 0 Å². The largest absolute Gasteiger partial charge is 0.310 e. The second-order valence-corrected chi connectivity index (χ2v) is 5.48. The molecule has 104 valence electrons. The van der Waals surface area contributed by atoms with Gasteiger partial charge in [-0.3, -0.25) is 0 Å². The molecular weight excluding hydrogens is 249 g/mol. The van der Waals surface area contributed by atoms with E-state index in [-0.39, 0.29) is 5.82 Å². The molecule has 20 heavy (non-hydrogen) atoms. The van der Waals surface area contributed by atoms with Gasteiger partial charge in [-0.25, -0.2) is 4.39 Å². The number of hydrogen-bond donors (Lipinski definition) is 1. The molecule has 1 aliphatic carbocycles. The average Bonchev–Trinajstić information content (AvgIpc) is 2.48. The lowest BCUT2D eigenvalue weighted by Gasteiger charge is -2.26. The lowest BCUT2D eigenvalue weighted by Crippen LogP contribution is -2.27. The lowest BCUT2D eigenvalue weighted by atomic mass is 9.87. The summed E-state index contributed by atoms with van der Waals surface area (Å²) in [6, 6.07) is 16.0. The molecule has 3 rings (SSSR count). The summed E-state index contributed by atoms with van der Waals surface area (Å²) in [5.41, 5.74) is 3.97. The minimum absolute atomic E-state index is 0.148. The fourth-order valence-corrected chi connectivity index (χ4v) is 3.05. The Morgan fingerprint density at radius 2 is 2.00 bits per heavy atom. The van der Waals surface area contributed by atoms with Gasteiger partial charge in [-0.15, -0.1) is 0 Å². The van der Waals surface area contributed by atoms with E-state index in [4.69, 9.17) is 0 Å². The molecule has 1 atom stereocenters. The van der Waals surface area contributed by atoms with Crippen LogP contribution in [0.3, 0.4) is 0 Å². The van der Waals surface area contributed by atoms with E-state index in [2.05, 4.69) is 29.6 Å². The molecule has 0 spiro atoms. The lowest BCUT2D eigenvalue weighted by molar-refractivity contribution is 0.462. The predicted octanol–water partition coefficient (Wildman–Crippen LogP) is 4.04. The van der Waals surface area contributed by atoms with Crippen LogP contribution in [0.5, 0.6) is 0 Å². The summed E-state index contributed by atoms with van der Waals surface area (Å²) in [4.78, 5) is 0. The van der Waals surface area contributed by atoms with Crippen molar-refractivity contribution in [3.05, 3.63) is 71.0 Å². The molecular formula is C18H20FN. The van der Waals surface area contributed by atoms with Crippen molar-refractivity contribution in [2.75, 3.05) is 6.54 Å². The van der Waals surface area contributed by atoms with Gasteiger partial charge in [0.15, 0.2) is 0 Å². The fraction of sp³-hybridized carbons (Fsp3) is 0.333. The van der Waals surface area contributed by atoms with E-state index in [9.17, 15) is 4.39 Å². The Balaban J connectivity index is 1.60. The van der Waals surface area contributed by atoms with Crippen LogP contribution in [0.25, 0.3) is 0 Å². The standard InChI is InChI=1S/C18H20FN/c19-16-8-3-5-14(13-16)11-12-20-18-10-4-7-15-6-1-2-9-17(15)18/h1-3,5-6,8-9,13,18,20H,4,7,10-12H2. The van der Waals surface area contributed by atoms with Crippen molar-refractivity contribution in [3.63, 3.8) is 0 Å². The third-order valence-corrected chi connectivity index (χ3v) is 4.06. The molecule has 1 unspecified atom stereocenters. The van der Waals surface area contributed by atoms with Crippen molar-refractivity contribution < 1.29 is 4.39 Å². The number of rotatable bonds is 4. The van der Waals surface area contributed by atoms with Crippen molar-refractivity contribution in [2.24, 2.45) is 0 Å². The van der Waals surface area contributed by atoms with Crippen molar-refractivity contribution in [3.8, 4) is 0 Å². The first-order chi connectivity index (χ1) is 9.83. The molecule has 2 heteroatoms. The second kappa shape index (κ2) is 6.19. The average molecular weight is 269 g/mol. The van der Waals surface area contributed by atoms with Crippen LogP contribution in [0.1, 0.15) is 35.6 Å². The Hall–Kier alpha value is -1.67. The van der Waals surface area contributed by atoms with Gasteiger partial charge in [0.25, 0.3) is 0 Å². The first-order valence-corrected chi connectivity index (χ1v) is 7.38. The topological polar surface area (TPSA) is 12.0 Å². The van der Waals surface area contributed by atoms with E-state index >= 15 is 0 Å². The zero-order valence-corrected chi connectivity index (χ0v) is 11.6. The molecule has 0 fully saturated rings. The van der Waals surface area contributed by atoms with Crippen LogP contribution in [-0.4, -0.2) is 6.54 Å². The summed E-state index contributed by atoms with van der Waals surface area (Å²) in [5, 5.41) is 3.62. The predicted molar refractivity (Wildman–Crippen MR) is 80.2 cm³/mol. The molecule has 0 saturated heterocycles. The summed E-state index contributed by atoms with van der Waals surface area (Å²) in [5.74, 6) is -0.148. The van der Waals surface area contributed by atoms with Crippen LogP contribution in [0.2, 0.25) is 0 Å². The molecule has 0 radical (unpaired) electrons. The summed E-state index contributed by atoms with van der Waals surface area (Å²) in [6.07, 6.45) is 4.50. The molecule has 1 aliphatic rings. The zero-order chi connectivity index (χ0) is 13.8. The van der Waals surface area contributed by atoms with Crippen LogP contribution in [0.4, 0.5) is 4.39 Å². The van der Waals surface area contributed by atoms with E-state index in [1.165, 1.54) is 36.5 Å². The molecule has 1 N–H and O–H groups in total. The summed E-state index contributed by atoms with van der Waals surface area (Å²) in [6.45, 7) is 0.891. The number of halogens is 1. The maximum Gasteiger partial charge on any atom is 0.123 e. The summed E-state index contributed by atoms with van der Waals surface area (Å²) in [7, 11) is 0. The molecule has 0 bridgehead atoms. The minimum Gasteiger partial charge on any atom is -0.310 e. The molecule has 0 aromatic heterocycles. The molecule has 2 aromatic rings. The highest BCUT2D eigenvalue weighted by Gasteiger charge is 2.18. The number of fused-ring (bicyclic) bond motifs is 1. The number of nitrogens with one attached hydrogen (secondary N) is 1. The molecule has 2 aromatic carbocycles. The van der Waals surface area contributed by atoms with Crippen LogP contribution >= 0.6 is 0 Å². The maximum atomic E-state index is 13.1. The van der Waals surface area contributed by atoms with Gasteiger partial charge in [-0.1, -0.05) is 36.4 Å². The molecule has 0 heterocycles. The van der Waals surface area contributed by atoms with Crippen LogP contribution in [0.15, 0.2) is 48.5 Å². The van der Waals surface area contributed by atoms with E-state index in [1.54, 1.807) is 12.1 Å². The van der Waals surface area contributed by atoms with Crippen molar-refractivity contribution in [1.82, 2.24) is 5.32 Å². The second-order valence-electron chi connectivity index (χ2n) is 5.48. The van der Waals surface area contributed by atoms with Gasteiger partial charge in [0.05, 0.1) is 0 Å². The monoisotopic (exact) mass is 269 g/mol. The third-order valence-electron chi connectivity index (χ3n) is 4.06. The van der Waals surface area contributed by atoms with Crippen molar-refractivity contribution in [2.45, 2.75) is 31.7 Å². The van der Waals surface area contributed by atoms with Crippen LogP contribution in [-0.2, 0) is 12.8 Å². The van der Waals surface area contributed by atoms with Gasteiger partial charge >= 0.3 is 0 Å². The van der Waals surface area contributed by atoms with E-state index in [1.807, 2.05) is 6.07 Å². The van der Waals surface area contributed by atoms with Crippen LogP contribution < -0.4 is 5.32 Å². The van der Waals surface area contributed by atoms with E-state index in [0.717, 1.165) is 18.5 Å². The highest BCUT2D eigenvalue weighted by Crippen LogP contribution is 2.29. The first-order valence-electron chi connectivity index (χ1n) is 7.38. The first kappa shape index (κ1) is 13.3. The molecule has 0 amide bonds. The summed E-state index contributed by atoms with van der Waals surface area (Å²) >= 11 is 0. The smallest absolute Gasteiger partial charge is 0.123 e.